The second-order valence-electron chi connectivity index (χ2n) is 4.52. The molecular weight excluding hydrogens is 194 g/mol. The van der Waals surface area contributed by atoms with E-state index in [1.165, 1.54) is 0 Å². The van der Waals surface area contributed by atoms with Gasteiger partial charge in [0, 0.05) is 19.2 Å². The van der Waals surface area contributed by atoms with Crippen molar-refractivity contribution in [2.45, 2.75) is 44.2 Å². The summed E-state index contributed by atoms with van der Waals surface area (Å²) in [5.41, 5.74) is 0. The molecule has 4 heteroatoms. The predicted molar refractivity (Wildman–Crippen MR) is 55.8 cm³/mol. The molecule has 0 aromatic heterocycles. The molecule has 86 valence electrons. The molecule has 2 atom stereocenters. The molecule has 1 N–H and O–H groups in total. The molecule has 0 aromatic rings. The highest BCUT2D eigenvalue weighted by atomic mass is 16.5. The van der Waals surface area contributed by atoms with Gasteiger partial charge in [-0.05, 0) is 32.2 Å². The molecule has 0 radical (unpaired) electrons. The van der Waals surface area contributed by atoms with Crippen LogP contribution in [0.5, 0.6) is 0 Å². The number of hydrogen-bond donors (Lipinski definition) is 1. The van der Waals surface area contributed by atoms with Crippen molar-refractivity contribution < 1.29 is 14.6 Å². The first-order chi connectivity index (χ1) is 7.25. The van der Waals surface area contributed by atoms with Crippen LogP contribution in [-0.4, -0.2) is 47.8 Å². The van der Waals surface area contributed by atoms with Crippen LogP contribution in [0.25, 0.3) is 0 Å². The van der Waals surface area contributed by atoms with E-state index in [9.17, 15) is 4.79 Å². The van der Waals surface area contributed by atoms with E-state index in [-0.39, 0.29) is 12.5 Å². The first kappa shape index (κ1) is 10.9. The van der Waals surface area contributed by atoms with Crippen LogP contribution in [0.15, 0.2) is 0 Å². The van der Waals surface area contributed by atoms with Gasteiger partial charge in [-0.2, -0.15) is 0 Å². The van der Waals surface area contributed by atoms with E-state index < -0.39 is 5.97 Å². The van der Waals surface area contributed by atoms with Gasteiger partial charge in [-0.3, -0.25) is 9.69 Å². The predicted octanol–water partition coefficient (Wildman–Crippen LogP) is 1.10. The smallest absolute Gasteiger partial charge is 0.304 e. The van der Waals surface area contributed by atoms with E-state index in [1.54, 1.807) is 0 Å². The zero-order chi connectivity index (χ0) is 10.7. The topological polar surface area (TPSA) is 49.8 Å². The minimum Gasteiger partial charge on any atom is -0.481 e. The van der Waals surface area contributed by atoms with Gasteiger partial charge in [0.25, 0.3) is 0 Å². The van der Waals surface area contributed by atoms with Crippen LogP contribution in [-0.2, 0) is 9.53 Å². The third-order valence-corrected chi connectivity index (χ3v) is 3.37. The lowest BCUT2D eigenvalue weighted by molar-refractivity contribution is -0.138. The van der Waals surface area contributed by atoms with Crippen LogP contribution in [0.1, 0.15) is 32.1 Å². The lowest BCUT2D eigenvalue weighted by Crippen LogP contribution is -2.37. The van der Waals surface area contributed by atoms with Crippen molar-refractivity contribution in [3.8, 4) is 0 Å². The van der Waals surface area contributed by atoms with Crippen LogP contribution < -0.4 is 0 Å². The van der Waals surface area contributed by atoms with Gasteiger partial charge in [0.2, 0.25) is 0 Å². The largest absolute Gasteiger partial charge is 0.481 e. The molecule has 2 aliphatic heterocycles. The molecule has 2 saturated heterocycles. The Morgan fingerprint density at radius 3 is 2.93 bits per heavy atom. The van der Waals surface area contributed by atoms with Crippen molar-refractivity contribution in [1.82, 2.24) is 4.90 Å². The maximum atomic E-state index is 10.7. The van der Waals surface area contributed by atoms with Crippen molar-refractivity contribution in [3.05, 3.63) is 0 Å². The minimum atomic E-state index is -0.681. The van der Waals surface area contributed by atoms with E-state index in [4.69, 9.17) is 9.84 Å². The van der Waals surface area contributed by atoms with Gasteiger partial charge in [-0.15, -0.1) is 0 Å². The summed E-state index contributed by atoms with van der Waals surface area (Å²) < 4.78 is 5.58. The Kier molecular flexibility index (Phi) is 3.59. The van der Waals surface area contributed by atoms with Gasteiger partial charge in [0.1, 0.15) is 0 Å². The molecule has 0 saturated carbocycles. The quantitative estimate of drug-likeness (QED) is 0.760. The monoisotopic (exact) mass is 213 g/mol. The summed E-state index contributed by atoms with van der Waals surface area (Å²) >= 11 is 0. The summed E-state index contributed by atoms with van der Waals surface area (Å²) in [4.78, 5) is 13.0. The minimum absolute atomic E-state index is 0.242. The Morgan fingerprint density at radius 2 is 2.27 bits per heavy atom. The Bertz CT molecular complexity index is 226. The lowest BCUT2D eigenvalue weighted by Gasteiger charge is -2.25. The highest BCUT2D eigenvalue weighted by molar-refractivity contribution is 5.67. The molecule has 0 bridgehead atoms. The summed E-state index contributed by atoms with van der Waals surface area (Å²) in [5, 5.41) is 8.79. The van der Waals surface area contributed by atoms with Crippen LogP contribution in [0.3, 0.4) is 0 Å². The zero-order valence-electron chi connectivity index (χ0n) is 9.02. The van der Waals surface area contributed by atoms with Gasteiger partial charge in [0.15, 0.2) is 0 Å². The number of carbonyl (C=O) groups is 1. The molecule has 2 unspecified atom stereocenters. The summed E-state index contributed by atoms with van der Waals surface area (Å²) in [5.74, 6) is -0.681. The molecule has 2 rings (SSSR count). The standard InChI is InChI=1S/C11H19NO3/c13-11(14)7-9-3-1-5-12(9)8-10-4-2-6-15-10/h9-10H,1-8H2,(H,13,14). The van der Waals surface area contributed by atoms with Crippen molar-refractivity contribution in [1.29, 1.82) is 0 Å². The van der Waals surface area contributed by atoms with E-state index in [1.807, 2.05) is 0 Å². The third-order valence-electron chi connectivity index (χ3n) is 3.37. The molecule has 2 heterocycles. The molecule has 4 nitrogen and oxygen atoms in total. The van der Waals surface area contributed by atoms with E-state index in [0.717, 1.165) is 45.4 Å². The summed E-state index contributed by atoms with van der Waals surface area (Å²) in [6, 6.07) is 0.242. The number of likely N-dealkylation sites (tertiary alicyclic amines) is 1. The molecule has 0 aliphatic carbocycles. The molecule has 15 heavy (non-hydrogen) atoms. The van der Waals surface area contributed by atoms with Crippen molar-refractivity contribution >= 4 is 5.97 Å². The van der Waals surface area contributed by atoms with E-state index in [2.05, 4.69) is 4.90 Å². The number of rotatable bonds is 4. The molecule has 2 aliphatic rings. The molecule has 0 aromatic carbocycles. The number of ether oxygens (including phenoxy) is 1. The number of hydrogen-bond acceptors (Lipinski definition) is 3. The van der Waals surface area contributed by atoms with E-state index in [0.29, 0.717) is 6.10 Å². The fraction of sp³-hybridized carbons (Fsp3) is 0.909. The number of carboxylic acid groups (broad SMARTS) is 1. The van der Waals surface area contributed by atoms with Crippen LogP contribution in [0.4, 0.5) is 0 Å². The summed E-state index contributed by atoms with van der Waals surface area (Å²) in [7, 11) is 0. The Hall–Kier alpha value is -0.610. The second kappa shape index (κ2) is 4.94. The third kappa shape index (κ3) is 2.92. The highest BCUT2D eigenvalue weighted by Gasteiger charge is 2.29. The highest BCUT2D eigenvalue weighted by Crippen LogP contribution is 2.23. The Morgan fingerprint density at radius 1 is 1.40 bits per heavy atom. The van der Waals surface area contributed by atoms with Crippen molar-refractivity contribution in [3.63, 3.8) is 0 Å². The SMILES string of the molecule is O=C(O)CC1CCCN1CC1CCCO1. The second-order valence-corrected chi connectivity index (χ2v) is 4.52. The van der Waals surface area contributed by atoms with E-state index >= 15 is 0 Å². The average Bonchev–Trinajstić information content (AvgIpc) is 2.78. The number of aliphatic carboxylic acids is 1. The van der Waals surface area contributed by atoms with Crippen LogP contribution in [0.2, 0.25) is 0 Å². The van der Waals surface area contributed by atoms with Gasteiger partial charge < -0.3 is 9.84 Å². The van der Waals surface area contributed by atoms with Gasteiger partial charge >= 0.3 is 5.97 Å². The van der Waals surface area contributed by atoms with Crippen molar-refractivity contribution in [2.24, 2.45) is 0 Å². The Labute approximate surface area is 90.2 Å². The fourth-order valence-corrected chi connectivity index (χ4v) is 2.62. The zero-order valence-corrected chi connectivity index (χ0v) is 9.02. The number of carboxylic acids is 1. The van der Waals surface area contributed by atoms with Gasteiger partial charge in [0.05, 0.1) is 12.5 Å². The van der Waals surface area contributed by atoms with Gasteiger partial charge in [-0.25, -0.2) is 0 Å². The Balaban J connectivity index is 1.81. The maximum absolute atomic E-state index is 10.7. The lowest BCUT2D eigenvalue weighted by atomic mass is 10.1. The van der Waals surface area contributed by atoms with Crippen LogP contribution >= 0.6 is 0 Å². The summed E-state index contributed by atoms with van der Waals surface area (Å²) in [6.07, 6.45) is 5.08. The maximum Gasteiger partial charge on any atom is 0.304 e. The summed E-state index contributed by atoms with van der Waals surface area (Å²) in [6.45, 7) is 2.85. The first-order valence-corrected chi connectivity index (χ1v) is 5.83. The molecule has 0 spiro atoms. The molecule has 2 fully saturated rings. The molecular formula is C11H19NO3. The molecule has 0 amide bonds. The fourth-order valence-electron chi connectivity index (χ4n) is 2.62. The first-order valence-electron chi connectivity index (χ1n) is 5.83. The van der Waals surface area contributed by atoms with Crippen molar-refractivity contribution in [2.75, 3.05) is 19.7 Å². The van der Waals surface area contributed by atoms with Crippen LogP contribution in [0, 0.1) is 0 Å². The number of nitrogens with zero attached hydrogens (tertiary/aromatic N) is 1. The normalized spacial score (nSPS) is 32.3. The van der Waals surface area contributed by atoms with Gasteiger partial charge in [-0.1, -0.05) is 0 Å². The average molecular weight is 213 g/mol.